The number of para-hydroxylation sites is 1. The van der Waals surface area contributed by atoms with E-state index < -0.39 is 28.9 Å². The molecule has 29 heavy (non-hydrogen) atoms. The first-order valence-electron chi connectivity index (χ1n) is 9.08. The van der Waals surface area contributed by atoms with E-state index in [2.05, 4.69) is 10.3 Å². The molecule has 0 aliphatic rings. The van der Waals surface area contributed by atoms with Gasteiger partial charge in [0.05, 0.1) is 16.6 Å². The fourth-order valence-electron chi connectivity index (χ4n) is 2.87. The van der Waals surface area contributed by atoms with Crippen molar-refractivity contribution >= 4 is 17.0 Å². The number of nitrogens with zero attached hydrogens (tertiary/aromatic N) is 2. The van der Waals surface area contributed by atoms with Gasteiger partial charge in [-0.2, -0.15) is 0 Å². The second-order valence-corrected chi connectivity index (χ2v) is 7.49. The van der Waals surface area contributed by atoms with Crippen LogP contribution < -0.4 is 10.9 Å². The Morgan fingerprint density at radius 3 is 2.45 bits per heavy atom. The number of carbonyl (C=O) groups excluding carboxylic acids is 1. The largest absolute Gasteiger partial charge is 0.444 e. The quantitative estimate of drug-likeness (QED) is 0.723. The molecule has 6 nitrogen and oxygen atoms in total. The van der Waals surface area contributed by atoms with E-state index in [-0.39, 0.29) is 24.5 Å². The molecule has 152 valence electrons. The van der Waals surface area contributed by atoms with Gasteiger partial charge in [0.25, 0.3) is 5.56 Å². The van der Waals surface area contributed by atoms with Crippen LogP contribution in [0.1, 0.15) is 26.6 Å². The van der Waals surface area contributed by atoms with Gasteiger partial charge in [0.2, 0.25) is 0 Å². The Morgan fingerprint density at radius 2 is 1.79 bits per heavy atom. The van der Waals surface area contributed by atoms with Gasteiger partial charge in [-0.05, 0) is 45.0 Å². The Kier molecular flexibility index (Phi) is 5.63. The summed E-state index contributed by atoms with van der Waals surface area (Å²) in [6, 6.07) is 9.55. The average molecular weight is 401 g/mol. The van der Waals surface area contributed by atoms with Crippen molar-refractivity contribution in [2.75, 3.05) is 6.54 Å². The third-order valence-corrected chi connectivity index (χ3v) is 3.97. The molecule has 1 aromatic heterocycles. The molecule has 1 N–H and O–H groups in total. The zero-order valence-electron chi connectivity index (χ0n) is 16.3. The summed E-state index contributed by atoms with van der Waals surface area (Å²) in [7, 11) is 0. The van der Waals surface area contributed by atoms with Crippen LogP contribution in [-0.4, -0.2) is 27.8 Å². The number of rotatable bonds is 4. The molecule has 0 radical (unpaired) electrons. The lowest BCUT2D eigenvalue weighted by atomic mass is 10.2. The number of hydrogen-bond donors (Lipinski definition) is 1. The van der Waals surface area contributed by atoms with Crippen LogP contribution in [0.3, 0.4) is 0 Å². The lowest BCUT2D eigenvalue weighted by Gasteiger charge is -2.20. The summed E-state index contributed by atoms with van der Waals surface area (Å²) in [5, 5.41) is 2.91. The molecule has 1 heterocycles. The van der Waals surface area contributed by atoms with E-state index in [9.17, 15) is 18.4 Å². The summed E-state index contributed by atoms with van der Waals surface area (Å²) in [6.07, 6.45) is -0.457. The zero-order chi connectivity index (χ0) is 21.2. The molecule has 0 atom stereocenters. The van der Waals surface area contributed by atoms with Crippen LogP contribution in [0, 0.1) is 11.6 Å². The molecule has 0 saturated carbocycles. The molecule has 0 spiro atoms. The van der Waals surface area contributed by atoms with Crippen molar-refractivity contribution in [3.8, 4) is 5.69 Å². The van der Waals surface area contributed by atoms with Crippen LogP contribution in [0.2, 0.25) is 0 Å². The lowest BCUT2D eigenvalue weighted by molar-refractivity contribution is 0.0528. The van der Waals surface area contributed by atoms with Crippen molar-refractivity contribution < 1.29 is 18.3 Å². The highest BCUT2D eigenvalue weighted by molar-refractivity contribution is 5.77. The summed E-state index contributed by atoms with van der Waals surface area (Å²) >= 11 is 0. The lowest BCUT2D eigenvalue weighted by Crippen LogP contribution is -2.34. The SMILES string of the molecule is CC(C)(C)OC(=O)NCCc1nc2ccccc2c(=O)n1-c1cc(F)cc(F)c1. The first-order chi connectivity index (χ1) is 13.6. The third kappa shape index (κ3) is 4.96. The number of alkyl carbamates (subject to hydrolysis) is 1. The van der Waals surface area contributed by atoms with Crippen molar-refractivity contribution in [1.29, 1.82) is 0 Å². The Morgan fingerprint density at radius 1 is 1.14 bits per heavy atom. The standard InChI is InChI=1S/C21H21F2N3O3/c1-21(2,3)29-20(28)24-9-8-18-25-17-7-5-4-6-16(17)19(27)26(18)15-11-13(22)10-14(23)12-15/h4-7,10-12H,8-9H2,1-3H3,(H,24,28). The van der Waals surface area contributed by atoms with Gasteiger partial charge in [0.1, 0.15) is 23.1 Å². The Labute approximate surface area is 166 Å². The predicted molar refractivity (Wildman–Crippen MR) is 105 cm³/mol. The van der Waals surface area contributed by atoms with Gasteiger partial charge < -0.3 is 10.1 Å². The Balaban J connectivity index is 1.99. The van der Waals surface area contributed by atoms with Crippen LogP contribution in [0.25, 0.3) is 16.6 Å². The van der Waals surface area contributed by atoms with Gasteiger partial charge in [-0.25, -0.2) is 18.6 Å². The number of hydrogen-bond acceptors (Lipinski definition) is 4. The van der Waals surface area contributed by atoms with Gasteiger partial charge in [0, 0.05) is 19.0 Å². The van der Waals surface area contributed by atoms with Gasteiger partial charge in [-0.15, -0.1) is 0 Å². The van der Waals surface area contributed by atoms with Crippen LogP contribution in [0.4, 0.5) is 13.6 Å². The smallest absolute Gasteiger partial charge is 0.407 e. The summed E-state index contributed by atoms with van der Waals surface area (Å²) in [5.41, 5.74) is -0.615. The topological polar surface area (TPSA) is 73.2 Å². The number of amides is 1. The fourth-order valence-corrected chi connectivity index (χ4v) is 2.87. The first-order valence-corrected chi connectivity index (χ1v) is 9.08. The number of nitrogens with one attached hydrogen (secondary N) is 1. The molecule has 3 aromatic rings. The molecule has 8 heteroatoms. The summed E-state index contributed by atoms with van der Waals surface area (Å²) < 4.78 is 33.8. The van der Waals surface area contributed by atoms with Crippen molar-refractivity contribution in [2.24, 2.45) is 0 Å². The number of aromatic nitrogens is 2. The number of fused-ring (bicyclic) bond motifs is 1. The highest BCUT2D eigenvalue weighted by Gasteiger charge is 2.17. The number of carbonyl (C=O) groups is 1. The molecular formula is C21H21F2N3O3. The van der Waals surface area contributed by atoms with Crippen molar-refractivity contribution in [1.82, 2.24) is 14.9 Å². The van der Waals surface area contributed by atoms with Crippen LogP contribution in [0.15, 0.2) is 47.3 Å². The second-order valence-electron chi connectivity index (χ2n) is 7.49. The van der Waals surface area contributed by atoms with Gasteiger partial charge in [0.15, 0.2) is 0 Å². The Hall–Kier alpha value is -3.29. The highest BCUT2D eigenvalue weighted by atomic mass is 19.1. The van der Waals surface area contributed by atoms with Gasteiger partial charge in [-0.3, -0.25) is 9.36 Å². The minimum absolute atomic E-state index is 0.0259. The summed E-state index contributed by atoms with van der Waals surface area (Å²) in [6.45, 7) is 5.35. The maximum absolute atomic E-state index is 13.8. The highest BCUT2D eigenvalue weighted by Crippen LogP contribution is 2.16. The van der Waals surface area contributed by atoms with Crippen molar-refractivity contribution in [3.63, 3.8) is 0 Å². The molecule has 0 fully saturated rings. The molecule has 0 saturated heterocycles. The maximum Gasteiger partial charge on any atom is 0.407 e. The minimum atomic E-state index is -0.808. The monoisotopic (exact) mass is 401 g/mol. The van der Waals surface area contributed by atoms with E-state index in [1.807, 2.05) is 0 Å². The van der Waals surface area contributed by atoms with E-state index in [0.29, 0.717) is 10.9 Å². The van der Waals surface area contributed by atoms with Crippen LogP contribution in [0.5, 0.6) is 0 Å². The molecular weight excluding hydrogens is 380 g/mol. The normalized spacial score (nSPS) is 11.5. The first kappa shape index (κ1) is 20.4. The summed E-state index contributed by atoms with van der Waals surface area (Å²) in [5.74, 6) is -1.36. The summed E-state index contributed by atoms with van der Waals surface area (Å²) in [4.78, 5) is 29.3. The molecule has 0 aliphatic heterocycles. The van der Waals surface area contributed by atoms with E-state index in [0.717, 1.165) is 22.8 Å². The van der Waals surface area contributed by atoms with Crippen molar-refractivity contribution in [2.45, 2.75) is 32.8 Å². The van der Waals surface area contributed by atoms with Crippen LogP contribution in [-0.2, 0) is 11.2 Å². The minimum Gasteiger partial charge on any atom is -0.444 e. The molecule has 2 aromatic carbocycles. The molecule has 0 aliphatic carbocycles. The van der Waals surface area contributed by atoms with E-state index in [1.165, 1.54) is 0 Å². The van der Waals surface area contributed by atoms with E-state index in [1.54, 1.807) is 45.0 Å². The molecule has 3 rings (SSSR count). The number of benzene rings is 2. The molecule has 1 amide bonds. The average Bonchev–Trinajstić information content (AvgIpc) is 2.59. The predicted octanol–water partition coefficient (Wildman–Crippen LogP) is 3.73. The molecule has 0 bridgehead atoms. The maximum atomic E-state index is 13.8. The Bertz CT molecular complexity index is 1100. The van der Waals surface area contributed by atoms with Gasteiger partial charge >= 0.3 is 6.09 Å². The van der Waals surface area contributed by atoms with E-state index >= 15 is 0 Å². The third-order valence-electron chi connectivity index (χ3n) is 3.97. The zero-order valence-corrected chi connectivity index (χ0v) is 16.3. The number of ether oxygens (including phenoxy) is 1. The second kappa shape index (κ2) is 7.98. The van der Waals surface area contributed by atoms with Crippen LogP contribution >= 0.6 is 0 Å². The van der Waals surface area contributed by atoms with E-state index in [4.69, 9.17) is 4.74 Å². The van der Waals surface area contributed by atoms with Gasteiger partial charge in [-0.1, -0.05) is 12.1 Å². The fraction of sp³-hybridized carbons (Fsp3) is 0.286. The van der Waals surface area contributed by atoms with Crippen molar-refractivity contribution in [3.05, 3.63) is 70.3 Å². The molecule has 0 unspecified atom stereocenters. The number of halogens is 2.